The minimum absolute atomic E-state index is 0.156. The molecule has 1 aliphatic carbocycles. The SMILES string of the molecule is CSc1ccc(C(C#N)NCC2CC2)cc1. The summed E-state index contributed by atoms with van der Waals surface area (Å²) in [6, 6.07) is 10.4. The van der Waals surface area contributed by atoms with Crippen molar-refractivity contribution in [3.8, 4) is 6.07 Å². The summed E-state index contributed by atoms with van der Waals surface area (Å²) in [5.41, 5.74) is 1.07. The Labute approximate surface area is 101 Å². The maximum absolute atomic E-state index is 9.12. The van der Waals surface area contributed by atoms with E-state index in [4.69, 9.17) is 5.26 Å². The van der Waals surface area contributed by atoms with Crippen LogP contribution in [0.4, 0.5) is 0 Å². The fourth-order valence-electron chi connectivity index (χ4n) is 1.64. The van der Waals surface area contributed by atoms with Crippen molar-refractivity contribution in [2.24, 2.45) is 5.92 Å². The molecule has 1 aliphatic rings. The molecule has 84 valence electrons. The fourth-order valence-corrected chi connectivity index (χ4v) is 2.05. The number of nitriles is 1. The van der Waals surface area contributed by atoms with Crippen LogP contribution in [0.3, 0.4) is 0 Å². The molecule has 0 radical (unpaired) electrons. The summed E-state index contributed by atoms with van der Waals surface area (Å²) in [6.07, 6.45) is 4.69. The van der Waals surface area contributed by atoms with Crippen molar-refractivity contribution in [1.29, 1.82) is 5.26 Å². The largest absolute Gasteiger partial charge is 0.298 e. The Morgan fingerprint density at radius 3 is 2.62 bits per heavy atom. The van der Waals surface area contributed by atoms with Gasteiger partial charge in [0.15, 0.2) is 0 Å². The van der Waals surface area contributed by atoms with Gasteiger partial charge in [-0.3, -0.25) is 5.32 Å². The normalized spacial score (nSPS) is 16.8. The Balaban J connectivity index is 1.98. The van der Waals surface area contributed by atoms with Crippen LogP contribution >= 0.6 is 11.8 Å². The Morgan fingerprint density at radius 1 is 1.44 bits per heavy atom. The highest BCUT2D eigenvalue weighted by molar-refractivity contribution is 7.98. The first kappa shape index (κ1) is 11.5. The lowest BCUT2D eigenvalue weighted by molar-refractivity contribution is 0.593. The second-order valence-electron chi connectivity index (χ2n) is 4.19. The molecule has 1 aromatic rings. The maximum Gasteiger partial charge on any atom is 0.121 e. The van der Waals surface area contributed by atoms with Crippen LogP contribution in [0.1, 0.15) is 24.4 Å². The van der Waals surface area contributed by atoms with E-state index in [0.717, 1.165) is 18.0 Å². The van der Waals surface area contributed by atoms with Gasteiger partial charge in [-0.2, -0.15) is 5.26 Å². The van der Waals surface area contributed by atoms with E-state index in [1.807, 2.05) is 12.1 Å². The molecule has 0 heterocycles. The van der Waals surface area contributed by atoms with Gasteiger partial charge >= 0.3 is 0 Å². The lowest BCUT2D eigenvalue weighted by Gasteiger charge is -2.11. The molecule has 0 aliphatic heterocycles. The lowest BCUT2D eigenvalue weighted by atomic mass is 10.1. The topological polar surface area (TPSA) is 35.8 Å². The summed E-state index contributed by atoms with van der Waals surface area (Å²) < 4.78 is 0. The third-order valence-corrected chi connectivity index (χ3v) is 3.63. The molecule has 1 aromatic carbocycles. The van der Waals surface area contributed by atoms with Crippen molar-refractivity contribution in [3.63, 3.8) is 0 Å². The first-order chi connectivity index (χ1) is 7.83. The zero-order valence-corrected chi connectivity index (χ0v) is 10.3. The van der Waals surface area contributed by atoms with Crippen molar-refractivity contribution < 1.29 is 0 Å². The highest BCUT2D eigenvalue weighted by Crippen LogP contribution is 2.28. The molecule has 16 heavy (non-hydrogen) atoms. The standard InChI is InChI=1S/C13H16N2S/c1-16-12-6-4-11(5-7-12)13(8-14)15-9-10-2-3-10/h4-7,10,13,15H,2-3,9H2,1H3. The van der Waals surface area contributed by atoms with Gasteiger partial charge in [-0.1, -0.05) is 12.1 Å². The number of thioether (sulfide) groups is 1. The predicted molar refractivity (Wildman–Crippen MR) is 67.3 cm³/mol. The minimum Gasteiger partial charge on any atom is -0.298 e. The summed E-state index contributed by atoms with van der Waals surface area (Å²) in [5.74, 6) is 0.807. The van der Waals surface area contributed by atoms with Crippen LogP contribution < -0.4 is 5.32 Å². The van der Waals surface area contributed by atoms with E-state index in [-0.39, 0.29) is 6.04 Å². The van der Waals surface area contributed by atoms with Gasteiger partial charge in [-0.15, -0.1) is 11.8 Å². The van der Waals surface area contributed by atoms with E-state index >= 15 is 0 Å². The number of hydrogen-bond acceptors (Lipinski definition) is 3. The van der Waals surface area contributed by atoms with Crippen molar-refractivity contribution in [2.45, 2.75) is 23.8 Å². The van der Waals surface area contributed by atoms with Crippen molar-refractivity contribution in [1.82, 2.24) is 5.32 Å². The van der Waals surface area contributed by atoms with Gasteiger partial charge in [0.2, 0.25) is 0 Å². The summed E-state index contributed by atoms with van der Waals surface area (Å²) in [5, 5.41) is 12.4. The Kier molecular flexibility index (Phi) is 3.87. The molecular formula is C13H16N2S. The second-order valence-corrected chi connectivity index (χ2v) is 5.07. The smallest absolute Gasteiger partial charge is 0.121 e. The van der Waals surface area contributed by atoms with E-state index in [1.165, 1.54) is 17.7 Å². The Hall–Kier alpha value is -0.980. The quantitative estimate of drug-likeness (QED) is 0.793. The highest BCUT2D eigenvalue weighted by Gasteiger charge is 2.22. The zero-order valence-electron chi connectivity index (χ0n) is 9.44. The van der Waals surface area contributed by atoms with Gasteiger partial charge in [0.05, 0.1) is 6.07 Å². The Bertz CT molecular complexity index is 376. The van der Waals surface area contributed by atoms with E-state index in [0.29, 0.717) is 0 Å². The van der Waals surface area contributed by atoms with Crippen LogP contribution in [0.5, 0.6) is 0 Å². The predicted octanol–water partition coefficient (Wildman–Crippen LogP) is 2.97. The number of benzene rings is 1. The van der Waals surface area contributed by atoms with Crippen molar-refractivity contribution >= 4 is 11.8 Å². The van der Waals surface area contributed by atoms with Gasteiger partial charge in [0.1, 0.15) is 6.04 Å². The van der Waals surface area contributed by atoms with Gasteiger partial charge in [0, 0.05) is 4.90 Å². The van der Waals surface area contributed by atoms with Gasteiger partial charge < -0.3 is 0 Å². The highest BCUT2D eigenvalue weighted by atomic mass is 32.2. The third-order valence-electron chi connectivity index (χ3n) is 2.89. The van der Waals surface area contributed by atoms with Crippen molar-refractivity contribution in [2.75, 3.05) is 12.8 Å². The van der Waals surface area contributed by atoms with Gasteiger partial charge in [-0.05, 0) is 49.3 Å². The average molecular weight is 232 g/mol. The lowest BCUT2D eigenvalue weighted by Crippen LogP contribution is -2.22. The minimum atomic E-state index is -0.156. The molecule has 1 atom stereocenters. The van der Waals surface area contributed by atoms with Crippen LogP contribution in [0.15, 0.2) is 29.2 Å². The molecule has 0 aromatic heterocycles. The average Bonchev–Trinajstić information content (AvgIpc) is 3.15. The molecular weight excluding hydrogens is 216 g/mol. The summed E-state index contributed by atoms with van der Waals surface area (Å²) in [4.78, 5) is 1.24. The van der Waals surface area contributed by atoms with E-state index in [2.05, 4.69) is 29.8 Å². The van der Waals surface area contributed by atoms with Crippen molar-refractivity contribution in [3.05, 3.63) is 29.8 Å². The summed E-state index contributed by atoms with van der Waals surface area (Å²) in [6.45, 7) is 0.975. The maximum atomic E-state index is 9.12. The number of rotatable bonds is 5. The number of nitrogens with zero attached hydrogens (tertiary/aromatic N) is 1. The molecule has 1 fully saturated rings. The Morgan fingerprint density at radius 2 is 2.12 bits per heavy atom. The van der Waals surface area contributed by atoms with E-state index < -0.39 is 0 Å². The van der Waals surface area contributed by atoms with Gasteiger partial charge in [-0.25, -0.2) is 0 Å². The fraction of sp³-hybridized carbons (Fsp3) is 0.462. The molecule has 1 N–H and O–H groups in total. The third kappa shape index (κ3) is 3.01. The van der Waals surface area contributed by atoms with Crippen LogP contribution in [0, 0.1) is 17.2 Å². The molecule has 0 amide bonds. The van der Waals surface area contributed by atoms with Crippen LogP contribution in [-0.2, 0) is 0 Å². The molecule has 0 bridgehead atoms. The molecule has 2 rings (SSSR count). The van der Waals surface area contributed by atoms with Gasteiger partial charge in [0.25, 0.3) is 0 Å². The monoisotopic (exact) mass is 232 g/mol. The van der Waals surface area contributed by atoms with E-state index in [1.54, 1.807) is 11.8 Å². The van der Waals surface area contributed by atoms with Crippen LogP contribution in [0.25, 0.3) is 0 Å². The number of nitrogens with one attached hydrogen (secondary N) is 1. The molecule has 2 nitrogen and oxygen atoms in total. The second kappa shape index (κ2) is 5.38. The summed E-state index contributed by atoms with van der Waals surface area (Å²) in [7, 11) is 0. The molecule has 3 heteroatoms. The van der Waals surface area contributed by atoms with E-state index in [9.17, 15) is 0 Å². The summed E-state index contributed by atoms with van der Waals surface area (Å²) >= 11 is 1.72. The zero-order chi connectivity index (χ0) is 11.4. The van der Waals surface area contributed by atoms with Crippen LogP contribution in [0.2, 0.25) is 0 Å². The first-order valence-electron chi connectivity index (χ1n) is 5.60. The number of hydrogen-bond donors (Lipinski definition) is 1. The first-order valence-corrected chi connectivity index (χ1v) is 6.83. The molecule has 1 saturated carbocycles. The molecule has 0 spiro atoms. The van der Waals surface area contributed by atoms with Crippen LogP contribution in [-0.4, -0.2) is 12.8 Å². The molecule has 0 saturated heterocycles. The molecule has 1 unspecified atom stereocenters.